The number of halogens is 2. The SMILES string of the molecule is ClC1(Cl)C(c2cccs2)=C1c1cccs1. The Bertz CT molecular complexity index is 461. The summed E-state index contributed by atoms with van der Waals surface area (Å²) in [5, 5.41) is 4.08. The van der Waals surface area contributed by atoms with Gasteiger partial charge in [0.1, 0.15) is 0 Å². The molecule has 15 heavy (non-hydrogen) atoms. The lowest BCUT2D eigenvalue weighted by atomic mass is 10.4. The Balaban J connectivity index is 2.09. The molecular formula is C11H6Cl2S2. The molecule has 0 fully saturated rings. The maximum absolute atomic E-state index is 6.26. The molecular weight excluding hydrogens is 267 g/mol. The predicted molar refractivity (Wildman–Crippen MR) is 69.9 cm³/mol. The van der Waals surface area contributed by atoms with Gasteiger partial charge in [0.25, 0.3) is 0 Å². The van der Waals surface area contributed by atoms with Gasteiger partial charge in [0.2, 0.25) is 0 Å². The van der Waals surface area contributed by atoms with Crippen molar-refractivity contribution in [2.75, 3.05) is 0 Å². The van der Waals surface area contributed by atoms with Crippen LogP contribution in [0.15, 0.2) is 35.0 Å². The van der Waals surface area contributed by atoms with Crippen LogP contribution in [0.4, 0.5) is 0 Å². The highest BCUT2D eigenvalue weighted by Gasteiger charge is 2.52. The molecule has 0 bridgehead atoms. The zero-order chi connectivity index (χ0) is 10.5. The van der Waals surface area contributed by atoms with Crippen LogP contribution < -0.4 is 0 Å². The van der Waals surface area contributed by atoms with Gasteiger partial charge in [-0.1, -0.05) is 35.3 Å². The summed E-state index contributed by atoms with van der Waals surface area (Å²) in [7, 11) is 0. The molecule has 2 heterocycles. The fourth-order valence-corrected chi connectivity index (χ4v) is 4.22. The van der Waals surface area contributed by atoms with Crippen molar-refractivity contribution in [3.8, 4) is 0 Å². The van der Waals surface area contributed by atoms with Crippen LogP contribution in [0.5, 0.6) is 0 Å². The highest BCUT2D eigenvalue weighted by molar-refractivity contribution is 7.13. The maximum Gasteiger partial charge on any atom is 0.171 e. The summed E-state index contributed by atoms with van der Waals surface area (Å²) in [6.45, 7) is 0. The third-order valence-electron chi connectivity index (χ3n) is 2.35. The van der Waals surface area contributed by atoms with Gasteiger partial charge in [0.05, 0.1) is 0 Å². The van der Waals surface area contributed by atoms with E-state index in [1.165, 1.54) is 9.75 Å². The second-order valence-corrected chi connectivity index (χ2v) is 6.50. The number of hydrogen-bond donors (Lipinski definition) is 0. The lowest BCUT2D eigenvalue weighted by molar-refractivity contribution is 1.54. The molecule has 0 nitrogen and oxygen atoms in total. The van der Waals surface area contributed by atoms with Gasteiger partial charge in [-0.25, -0.2) is 0 Å². The van der Waals surface area contributed by atoms with E-state index in [0.29, 0.717) is 0 Å². The summed E-state index contributed by atoms with van der Waals surface area (Å²) in [6.07, 6.45) is 0. The van der Waals surface area contributed by atoms with E-state index in [9.17, 15) is 0 Å². The van der Waals surface area contributed by atoms with Crippen LogP contribution in [0.1, 0.15) is 9.75 Å². The van der Waals surface area contributed by atoms with Gasteiger partial charge in [0.15, 0.2) is 4.33 Å². The minimum atomic E-state index is -0.768. The van der Waals surface area contributed by atoms with E-state index in [1.807, 2.05) is 22.9 Å². The van der Waals surface area contributed by atoms with Gasteiger partial charge in [-0.2, -0.15) is 0 Å². The van der Waals surface area contributed by atoms with Gasteiger partial charge < -0.3 is 0 Å². The minimum Gasteiger partial charge on any atom is -0.144 e. The molecule has 0 spiro atoms. The lowest BCUT2D eigenvalue weighted by Gasteiger charge is -1.97. The molecule has 0 unspecified atom stereocenters. The number of hydrogen-bond acceptors (Lipinski definition) is 2. The third-order valence-corrected chi connectivity index (χ3v) is 4.88. The first kappa shape index (κ1) is 9.91. The zero-order valence-corrected chi connectivity index (χ0v) is 10.7. The van der Waals surface area contributed by atoms with Crippen LogP contribution in [0.25, 0.3) is 11.1 Å². The zero-order valence-electron chi connectivity index (χ0n) is 7.54. The Kier molecular flexibility index (Phi) is 2.22. The number of thiophene rings is 2. The van der Waals surface area contributed by atoms with Gasteiger partial charge in [-0.15, -0.1) is 22.7 Å². The highest BCUT2D eigenvalue weighted by atomic mass is 35.5. The molecule has 2 aromatic rings. The molecule has 1 aliphatic carbocycles. The standard InChI is InChI=1S/C11H6Cl2S2/c12-11(13)9(7-3-1-5-14-7)10(11)8-4-2-6-15-8/h1-6H. The molecule has 0 aliphatic heterocycles. The third kappa shape index (κ3) is 1.48. The summed E-state index contributed by atoms with van der Waals surface area (Å²) in [5.74, 6) is 0. The van der Waals surface area contributed by atoms with Crippen molar-refractivity contribution in [3.63, 3.8) is 0 Å². The molecule has 3 rings (SSSR count). The fraction of sp³-hybridized carbons (Fsp3) is 0.0909. The van der Waals surface area contributed by atoms with Gasteiger partial charge in [-0.05, 0) is 22.9 Å². The van der Waals surface area contributed by atoms with E-state index in [0.717, 1.165) is 11.1 Å². The molecule has 0 saturated heterocycles. The first-order chi connectivity index (χ1) is 7.21. The van der Waals surface area contributed by atoms with Gasteiger partial charge in [-0.3, -0.25) is 0 Å². The highest BCUT2D eigenvalue weighted by Crippen LogP contribution is 2.64. The average Bonchev–Trinajstić information content (AvgIpc) is 2.78. The number of rotatable bonds is 2. The van der Waals surface area contributed by atoms with Crippen LogP contribution in [0.3, 0.4) is 0 Å². The Morgan fingerprint density at radius 1 is 0.867 bits per heavy atom. The molecule has 0 saturated carbocycles. The first-order valence-corrected chi connectivity index (χ1v) is 6.93. The average molecular weight is 273 g/mol. The number of alkyl halides is 2. The Morgan fingerprint density at radius 3 is 1.67 bits per heavy atom. The van der Waals surface area contributed by atoms with Crippen molar-refractivity contribution in [2.24, 2.45) is 0 Å². The van der Waals surface area contributed by atoms with Crippen LogP contribution in [-0.4, -0.2) is 4.33 Å². The van der Waals surface area contributed by atoms with Crippen molar-refractivity contribution in [1.82, 2.24) is 0 Å². The Morgan fingerprint density at radius 2 is 1.33 bits per heavy atom. The summed E-state index contributed by atoms with van der Waals surface area (Å²) >= 11 is 15.9. The van der Waals surface area contributed by atoms with E-state index in [-0.39, 0.29) is 0 Å². The van der Waals surface area contributed by atoms with E-state index in [4.69, 9.17) is 23.2 Å². The summed E-state index contributed by atoms with van der Waals surface area (Å²) in [4.78, 5) is 2.34. The van der Waals surface area contributed by atoms with E-state index in [2.05, 4.69) is 12.1 Å². The molecule has 0 aromatic carbocycles. The van der Waals surface area contributed by atoms with Crippen LogP contribution >= 0.6 is 45.9 Å². The molecule has 0 radical (unpaired) electrons. The summed E-state index contributed by atoms with van der Waals surface area (Å²) in [6, 6.07) is 8.14. The molecule has 4 heteroatoms. The largest absolute Gasteiger partial charge is 0.171 e. The van der Waals surface area contributed by atoms with Crippen molar-refractivity contribution in [2.45, 2.75) is 4.33 Å². The molecule has 76 valence electrons. The van der Waals surface area contributed by atoms with E-state index >= 15 is 0 Å². The van der Waals surface area contributed by atoms with Crippen molar-refractivity contribution >= 4 is 57.0 Å². The van der Waals surface area contributed by atoms with Crippen LogP contribution in [-0.2, 0) is 0 Å². The first-order valence-electron chi connectivity index (χ1n) is 4.42. The normalized spacial score (nSPS) is 18.3. The Labute approximate surface area is 106 Å². The molecule has 0 amide bonds. The smallest absolute Gasteiger partial charge is 0.144 e. The van der Waals surface area contributed by atoms with Gasteiger partial charge in [0, 0.05) is 20.9 Å². The predicted octanol–water partition coefficient (Wildman–Crippen LogP) is 4.91. The molecule has 0 atom stereocenters. The van der Waals surface area contributed by atoms with Crippen molar-refractivity contribution < 1.29 is 0 Å². The number of allylic oxidation sites excluding steroid dienone is 2. The van der Waals surface area contributed by atoms with Crippen LogP contribution in [0, 0.1) is 0 Å². The second-order valence-electron chi connectivity index (χ2n) is 3.28. The Hall–Kier alpha value is -0.280. The fourth-order valence-electron chi connectivity index (χ4n) is 1.63. The molecule has 2 aromatic heterocycles. The second kappa shape index (κ2) is 3.36. The van der Waals surface area contributed by atoms with E-state index in [1.54, 1.807) is 22.7 Å². The monoisotopic (exact) mass is 272 g/mol. The van der Waals surface area contributed by atoms with E-state index < -0.39 is 4.33 Å². The molecule has 0 N–H and O–H groups in total. The topological polar surface area (TPSA) is 0 Å². The van der Waals surface area contributed by atoms with Gasteiger partial charge >= 0.3 is 0 Å². The quantitative estimate of drug-likeness (QED) is 0.682. The van der Waals surface area contributed by atoms with Crippen molar-refractivity contribution in [3.05, 3.63) is 44.8 Å². The molecule has 1 aliphatic rings. The summed E-state index contributed by atoms with van der Waals surface area (Å²) in [5.41, 5.74) is 2.14. The van der Waals surface area contributed by atoms with Crippen LogP contribution in [0.2, 0.25) is 0 Å². The lowest BCUT2D eigenvalue weighted by Crippen LogP contribution is -1.90. The maximum atomic E-state index is 6.26. The van der Waals surface area contributed by atoms with Crippen molar-refractivity contribution in [1.29, 1.82) is 0 Å². The summed E-state index contributed by atoms with van der Waals surface area (Å²) < 4.78 is -0.768. The minimum absolute atomic E-state index is 0.768.